The largest absolute Gasteiger partial charge is 0.387 e. The number of aliphatic hydroxyl groups is 1. The zero-order chi connectivity index (χ0) is 15.5. The molecule has 0 amide bonds. The summed E-state index contributed by atoms with van der Waals surface area (Å²) in [5.41, 5.74) is 1.60. The van der Waals surface area contributed by atoms with Crippen molar-refractivity contribution in [1.82, 2.24) is 10.3 Å². The molecule has 0 aliphatic heterocycles. The highest BCUT2D eigenvalue weighted by Gasteiger charge is 2.17. The molecule has 0 bridgehead atoms. The SMILES string of the molecule is OC(CNCc1cnc2ccsc2c1)c1c(F)cccc1F. The van der Waals surface area contributed by atoms with E-state index in [4.69, 9.17) is 0 Å². The van der Waals surface area contributed by atoms with Crippen LogP contribution in [0.25, 0.3) is 10.2 Å². The normalized spacial score (nSPS) is 12.7. The fraction of sp³-hybridized carbons (Fsp3) is 0.188. The van der Waals surface area contributed by atoms with Crippen molar-refractivity contribution in [2.24, 2.45) is 0 Å². The molecule has 0 aliphatic carbocycles. The second-order valence-electron chi connectivity index (χ2n) is 4.93. The van der Waals surface area contributed by atoms with Crippen LogP contribution < -0.4 is 5.32 Å². The molecule has 6 heteroatoms. The molecule has 114 valence electrons. The van der Waals surface area contributed by atoms with E-state index in [0.29, 0.717) is 6.54 Å². The zero-order valence-electron chi connectivity index (χ0n) is 11.6. The first-order valence-corrected chi connectivity index (χ1v) is 7.68. The van der Waals surface area contributed by atoms with E-state index in [0.717, 1.165) is 27.9 Å². The maximum absolute atomic E-state index is 13.6. The van der Waals surface area contributed by atoms with E-state index >= 15 is 0 Å². The minimum atomic E-state index is -1.24. The molecule has 0 radical (unpaired) electrons. The summed E-state index contributed by atoms with van der Waals surface area (Å²) in [5.74, 6) is -1.48. The number of aromatic nitrogens is 1. The van der Waals surface area contributed by atoms with Gasteiger partial charge in [0.15, 0.2) is 0 Å². The van der Waals surface area contributed by atoms with Crippen LogP contribution in [0.2, 0.25) is 0 Å². The van der Waals surface area contributed by atoms with Gasteiger partial charge in [0.1, 0.15) is 11.6 Å². The van der Waals surface area contributed by atoms with Gasteiger partial charge in [-0.1, -0.05) is 6.07 Å². The lowest BCUT2D eigenvalue weighted by Gasteiger charge is -2.13. The topological polar surface area (TPSA) is 45.1 Å². The Morgan fingerprint density at radius 2 is 2.00 bits per heavy atom. The van der Waals surface area contributed by atoms with E-state index in [2.05, 4.69) is 10.3 Å². The molecule has 1 unspecified atom stereocenters. The summed E-state index contributed by atoms with van der Waals surface area (Å²) in [5, 5.41) is 14.9. The number of benzene rings is 1. The second kappa shape index (κ2) is 6.48. The third kappa shape index (κ3) is 3.14. The van der Waals surface area contributed by atoms with E-state index in [1.54, 1.807) is 17.5 Å². The number of nitrogens with one attached hydrogen (secondary N) is 1. The number of halogens is 2. The predicted octanol–water partition coefficient (Wildman–Crippen LogP) is 3.40. The molecule has 3 aromatic rings. The molecule has 22 heavy (non-hydrogen) atoms. The molecule has 1 atom stereocenters. The van der Waals surface area contributed by atoms with Crippen LogP contribution in [-0.4, -0.2) is 16.6 Å². The average Bonchev–Trinajstić information content (AvgIpc) is 2.94. The maximum Gasteiger partial charge on any atom is 0.131 e. The van der Waals surface area contributed by atoms with Crippen molar-refractivity contribution in [3.8, 4) is 0 Å². The van der Waals surface area contributed by atoms with Crippen molar-refractivity contribution < 1.29 is 13.9 Å². The summed E-state index contributed by atoms with van der Waals surface area (Å²) in [4.78, 5) is 4.31. The zero-order valence-corrected chi connectivity index (χ0v) is 12.4. The lowest BCUT2D eigenvalue weighted by atomic mass is 10.1. The van der Waals surface area contributed by atoms with Gasteiger partial charge in [-0.25, -0.2) is 8.78 Å². The number of rotatable bonds is 5. The molecule has 2 heterocycles. The van der Waals surface area contributed by atoms with Crippen molar-refractivity contribution in [2.75, 3.05) is 6.54 Å². The van der Waals surface area contributed by atoms with Crippen molar-refractivity contribution in [3.05, 3.63) is 64.7 Å². The van der Waals surface area contributed by atoms with Gasteiger partial charge in [-0.2, -0.15) is 0 Å². The summed E-state index contributed by atoms with van der Waals surface area (Å²) in [6.07, 6.45) is 0.512. The molecular formula is C16H14F2N2OS. The van der Waals surface area contributed by atoms with Crippen LogP contribution in [0.5, 0.6) is 0 Å². The molecule has 2 aromatic heterocycles. The molecule has 0 fully saturated rings. The highest BCUT2D eigenvalue weighted by molar-refractivity contribution is 7.17. The first-order valence-electron chi connectivity index (χ1n) is 6.80. The van der Waals surface area contributed by atoms with E-state index in [1.807, 2.05) is 17.5 Å². The van der Waals surface area contributed by atoms with Crippen molar-refractivity contribution in [1.29, 1.82) is 0 Å². The first-order chi connectivity index (χ1) is 10.6. The van der Waals surface area contributed by atoms with Crippen LogP contribution in [-0.2, 0) is 6.54 Å². The van der Waals surface area contributed by atoms with Gasteiger partial charge < -0.3 is 10.4 Å². The fourth-order valence-corrected chi connectivity index (χ4v) is 3.07. The van der Waals surface area contributed by atoms with Gasteiger partial charge in [0, 0.05) is 19.3 Å². The molecule has 3 rings (SSSR count). The van der Waals surface area contributed by atoms with E-state index < -0.39 is 17.7 Å². The number of nitrogens with zero attached hydrogens (tertiary/aromatic N) is 1. The number of hydrogen-bond donors (Lipinski definition) is 2. The van der Waals surface area contributed by atoms with E-state index in [1.165, 1.54) is 6.07 Å². The summed E-state index contributed by atoms with van der Waals surface area (Å²) in [6.45, 7) is 0.522. The third-order valence-corrected chi connectivity index (χ3v) is 4.21. The Bertz CT molecular complexity index is 770. The Balaban J connectivity index is 1.62. The number of fused-ring (bicyclic) bond motifs is 1. The van der Waals surface area contributed by atoms with Crippen molar-refractivity contribution in [3.63, 3.8) is 0 Å². The standard InChI is InChI=1S/C16H14F2N2OS/c17-11-2-1-3-12(18)16(11)14(21)9-19-7-10-6-15-13(20-8-10)4-5-22-15/h1-6,8,14,19,21H,7,9H2. The van der Waals surface area contributed by atoms with E-state index in [-0.39, 0.29) is 12.1 Å². The minimum Gasteiger partial charge on any atom is -0.387 e. The molecule has 1 aromatic carbocycles. The van der Waals surface area contributed by atoms with Gasteiger partial charge in [-0.05, 0) is 35.2 Å². The summed E-state index contributed by atoms with van der Waals surface area (Å²) >= 11 is 1.60. The first kappa shape index (κ1) is 15.0. The molecule has 2 N–H and O–H groups in total. The highest BCUT2D eigenvalue weighted by atomic mass is 32.1. The third-order valence-electron chi connectivity index (χ3n) is 3.36. The van der Waals surface area contributed by atoms with Gasteiger partial charge in [-0.15, -0.1) is 11.3 Å². The molecule has 0 spiro atoms. The Labute approximate surface area is 130 Å². The Kier molecular flexibility index (Phi) is 4.42. The van der Waals surface area contributed by atoms with Gasteiger partial charge in [0.25, 0.3) is 0 Å². The van der Waals surface area contributed by atoms with Gasteiger partial charge in [0.05, 0.1) is 21.9 Å². The van der Waals surface area contributed by atoms with Crippen molar-refractivity contribution in [2.45, 2.75) is 12.6 Å². The van der Waals surface area contributed by atoms with Crippen LogP contribution in [0.15, 0.2) is 41.9 Å². The molecule has 0 saturated heterocycles. The molecule has 3 nitrogen and oxygen atoms in total. The van der Waals surface area contributed by atoms with Gasteiger partial charge in [0.2, 0.25) is 0 Å². The minimum absolute atomic E-state index is 0.0559. The number of hydrogen-bond acceptors (Lipinski definition) is 4. The number of thiophene rings is 1. The second-order valence-corrected chi connectivity index (χ2v) is 5.88. The molecular weight excluding hydrogens is 306 g/mol. The fourth-order valence-electron chi connectivity index (χ4n) is 2.27. The summed E-state index contributed by atoms with van der Waals surface area (Å²) < 4.78 is 28.2. The predicted molar refractivity (Wildman–Crippen MR) is 82.6 cm³/mol. The van der Waals surface area contributed by atoms with Crippen LogP contribution in [0.3, 0.4) is 0 Å². The molecule has 0 saturated carbocycles. The quantitative estimate of drug-likeness (QED) is 0.757. The molecule has 0 aliphatic rings. The summed E-state index contributed by atoms with van der Waals surface area (Å²) in [7, 11) is 0. The lowest BCUT2D eigenvalue weighted by Crippen LogP contribution is -2.22. The Hall–Kier alpha value is -1.89. The van der Waals surface area contributed by atoms with Crippen LogP contribution in [0, 0.1) is 11.6 Å². The van der Waals surface area contributed by atoms with Gasteiger partial charge >= 0.3 is 0 Å². The van der Waals surface area contributed by atoms with Crippen molar-refractivity contribution >= 4 is 21.6 Å². The Morgan fingerprint density at radius 1 is 1.23 bits per heavy atom. The Morgan fingerprint density at radius 3 is 2.77 bits per heavy atom. The van der Waals surface area contributed by atoms with Gasteiger partial charge in [-0.3, -0.25) is 4.98 Å². The van der Waals surface area contributed by atoms with E-state index in [9.17, 15) is 13.9 Å². The smallest absolute Gasteiger partial charge is 0.131 e. The monoisotopic (exact) mass is 320 g/mol. The summed E-state index contributed by atoms with van der Waals surface area (Å²) in [6, 6.07) is 7.50. The average molecular weight is 320 g/mol. The highest BCUT2D eigenvalue weighted by Crippen LogP contribution is 2.21. The maximum atomic E-state index is 13.6. The number of pyridine rings is 1. The number of aliphatic hydroxyl groups excluding tert-OH is 1. The van der Waals surface area contributed by atoms with Crippen LogP contribution in [0.1, 0.15) is 17.2 Å². The van der Waals surface area contributed by atoms with Crippen LogP contribution in [0.4, 0.5) is 8.78 Å². The lowest BCUT2D eigenvalue weighted by molar-refractivity contribution is 0.164. The van der Waals surface area contributed by atoms with Crippen LogP contribution >= 0.6 is 11.3 Å².